The highest BCUT2D eigenvalue weighted by molar-refractivity contribution is 7.90. The average molecular weight is 462 g/mol. The van der Waals surface area contributed by atoms with Gasteiger partial charge in [-0.3, -0.25) is 0 Å². The Balaban J connectivity index is 1.39. The zero-order valence-electron chi connectivity index (χ0n) is 18.8. The zero-order chi connectivity index (χ0) is 23.0. The maximum atomic E-state index is 12.0. The van der Waals surface area contributed by atoms with Gasteiger partial charge in [0.25, 0.3) is 0 Å². The van der Waals surface area contributed by atoms with Crippen LogP contribution in [0.3, 0.4) is 0 Å². The van der Waals surface area contributed by atoms with Crippen molar-refractivity contribution in [2.75, 3.05) is 31.7 Å². The topological polar surface area (TPSA) is 79.6 Å². The molecule has 1 aliphatic rings. The number of nitrogens with one attached hydrogen (secondary N) is 1. The fourth-order valence-electron chi connectivity index (χ4n) is 4.37. The smallest absolute Gasteiger partial charge is 0.245 e. The van der Waals surface area contributed by atoms with Crippen LogP contribution in [-0.4, -0.2) is 54.3 Å². The molecule has 5 rings (SSSR count). The molecule has 0 saturated carbocycles. The molecule has 8 heteroatoms. The second-order valence-corrected chi connectivity index (χ2v) is 10.8. The minimum absolute atomic E-state index is 0.284. The largest absolute Gasteiger partial charge is 0.323 e. The first-order chi connectivity index (χ1) is 15.9. The van der Waals surface area contributed by atoms with Crippen LogP contribution in [0.4, 0.5) is 11.6 Å². The van der Waals surface area contributed by atoms with Crippen molar-refractivity contribution < 1.29 is 8.42 Å². The summed E-state index contributed by atoms with van der Waals surface area (Å²) < 4.78 is 25.7. The van der Waals surface area contributed by atoms with E-state index in [4.69, 9.17) is 0 Å². The average Bonchev–Trinajstić information content (AvgIpc) is 3.23. The highest BCUT2D eigenvalue weighted by Gasteiger charge is 2.18. The van der Waals surface area contributed by atoms with Crippen LogP contribution in [0.25, 0.3) is 16.8 Å². The van der Waals surface area contributed by atoms with E-state index < -0.39 is 9.84 Å². The standard InChI is InChI=1S/C25H27N5O2S/c1-29-14-12-19(13-15-29)18-6-8-21(9-7-18)27-25-26-17-22-10-11-24(30(22)28-25)20-4-3-5-23(16-20)33(2,31)32/h3-11,16-17,19H,12-15H2,1-2H3,(H,27,28). The van der Waals surface area contributed by atoms with E-state index in [0.717, 1.165) is 35.6 Å². The Morgan fingerprint density at radius 2 is 1.76 bits per heavy atom. The van der Waals surface area contributed by atoms with E-state index in [1.165, 1.54) is 24.7 Å². The Morgan fingerprint density at radius 1 is 1.00 bits per heavy atom. The number of nitrogens with zero attached hydrogens (tertiary/aromatic N) is 4. The second kappa shape index (κ2) is 8.61. The molecule has 0 unspecified atom stereocenters. The number of fused-ring (bicyclic) bond motifs is 1. The molecule has 1 aliphatic heterocycles. The number of anilines is 2. The van der Waals surface area contributed by atoms with Gasteiger partial charge >= 0.3 is 0 Å². The van der Waals surface area contributed by atoms with Crippen LogP contribution in [0, 0.1) is 0 Å². The molecular weight excluding hydrogens is 434 g/mol. The molecule has 7 nitrogen and oxygen atoms in total. The number of sulfone groups is 1. The summed E-state index contributed by atoms with van der Waals surface area (Å²) in [6.07, 6.45) is 5.36. The molecule has 0 atom stereocenters. The van der Waals surface area contributed by atoms with Crippen molar-refractivity contribution in [3.63, 3.8) is 0 Å². The van der Waals surface area contributed by atoms with Crippen molar-refractivity contribution in [2.24, 2.45) is 0 Å². The molecule has 4 aromatic rings. The number of hydrogen-bond donors (Lipinski definition) is 1. The van der Waals surface area contributed by atoms with E-state index >= 15 is 0 Å². The van der Waals surface area contributed by atoms with Crippen molar-refractivity contribution in [1.29, 1.82) is 0 Å². The van der Waals surface area contributed by atoms with Crippen molar-refractivity contribution in [1.82, 2.24) is 19.5 Å². The first kappa shape index (κ1) is 21.6. The molecule has 1 saturated heterocycles. The molecule has 0 bridgehead atoms. The van der Waals surface area contributed by atoms with Gasteiger partial charge in [-0.1, -0.05) is 24.3 Å². The highest BCUT2D eigenvalue weighted by atomic mass is 32.2. The summed E-state index contributed by atoms with van der Waals surface area (Å²) in [5.41, 5.74) is 4.73. The summed E-state index contributed by atoms with van der Waals surface area (Å²) in [5, 5.41) is 7.95. The molecule has 0 amide bonds. The van der Waals surface area contributed by atoms with Crippen LogP contribution in [-0.2, 0) is 9.84 Å². The lowest BCUT2D eigenvalue weighted by Crippen LogP contribution is -2.29. The third-order valence-electron chi connectivity index (χ3n) is 6.31. The third kappa shape index (κ3) is 4.62. The maximum absolute atomic E-state index is 12.0. The fourth-order valence-corrected chi connectivity index (χ4v) is 5.04. The maximum Gasteiger partial charge on any atom is 0.245 e. The summed E-state index contributed by atoms with van der Waals surface area (Å²) in [7, 11) is -1.11. The van der Waals surface area contributed by atoms with E-state index in [9.17, 15) is 8.42 Å². The molecule has 0 aliphatic carbocycles. The lowest BCUT2D eigenvalue weighted by Gasteiger charge is -2.29. The van der Waals surface area contributed by atoms with Crippen LogP contribution in [0.1, 0.15) is 24.3 Å². The first-order valence-corrected chi connectivity index (χ1v) is 13.0. The molecule has 0 spiro atoms. The van der Waals surface area contributed by atoms with E-state index in [0.29, 0.717) is 11.9 Å². The van der Waals surface area contributed by atoms with Crippen LogP contribution < -0.4 is 5.32 Å². The molecular formula is C25H27N5O2S. The van der Waals surface area contributed by atoms with Crippen molar-refractivity contribution in [3.05, 3.63) is 72.4 Å². The minimum Gasteiger partial charge on any atom is -0.323 e. The van der Waals surface area contributed by atoms with Crippen LogP contribution >= 0.6 is 0 Å². The van der Waals surface area contributed by atoms with Crippen LogP contribution in [0.2, 0.25) is 0 Å². The number of rotatable bonds is 5. The van der Waals surface area contributed by atoms with Crippen molar-refractivity contribution in [2.45, 2.75) is 23.7 Å². The van der Waals surface area contributed by atoms with Gasteiger partial charge in [-0.05, 0) is 80.9 Å². The first-order valence-electron chi connectivity index (χ1n) is 11.1. The Bertz CT molecular complexity index is 1390. The van der Waals surface area contributed by atoms with Crippen LogP contribution in [0.5, 0.6) is 0 Å². The normalized spacial score (nSPS) is 15.7. The monoisotopic (exact) mass is 461 g/mol. The second-order valence-electron chi connectivity index (χ2n) is 8.76. The number of benzene rings is 2. The SMILES string of the molecule is CN1CCC(c2ccc(Nc3ncc4ccc(-c5cccc(S(C)(=O)=O)c5)n4n3)cc2)CC1. The van der Waals surface area contributed by atoms with E-state index in [1.54, 1.807) is 28.9 Å². The molecule has 33 heavy (non-hydrogen) atoms. The molecule has 170 valence electrons. The van der Waals surface area contributed by atoms with Gasteiger partial charge in [-0.2, -0.15) is 0 Å². The quantitative estimate of drug-likeness (QED) is 0.476. The van der Waals surface area contributed by atoms with Gasteiger partial charge in [0.2, 0.25) is 5.95 Å². The zero-order valence-corrected chi connectivity index (χ0v) is 19.6. The predicted octanol–water partition coefficient (Wildman–Crippen LogP) is 4.35. The summed E-state index contributed by atoms with van der Waals surface area (Å²) in [4.78, 5) is 7.11. The summed E-state index contributed by atoms with van der Waals surface area (Å²) in [5.74, 6) is 1.10. The Hall–Kier alpha value is -3.23. The molecule has 0 radical (unpaired) electrons. The molecule has 2 aromatic heterocycles. The number of likely N-dealkylation sites (tertiary alicyclic amines) is 1. The molecule has 1 fully saturated rings. The number of hydrogen-bond acceptors (Lipinski definition) is 6. The third-order valence-corrected chi connectivity index (χ3v) is 7.42. The van der Waals surface area contributed by atoms with E-state index in [1.807, 2.05) is 18.2 Å². The molecule has 3 heterocycles. The Kier molecular flexibility index (Phi) is 5.64. The fraction of sp³-hybridized carbons (Fsp3) is 0.280. The van der Waals surface area contributed by atoms with Crippen LogP contribution in [0.15, 0.2) is 71.8 Å². The number of piperidine rings is 1. The number of aromatic nitrogens is 3. The van der Waals surface area contributed by atoms with Gasteiger partial charge in [0.15, 0.2) is 9.84 Å². The van der Waals surface area contributed by atoms with Gasteiger partial charge < -0.3 is 10.2 Å². The Labute approximate surface area is 194 Å². The lowest BCUT2D eigenvalue weighted by molar-refractivity contribution is 0.255. The summed E-state index contributed by atoms with van der Waals surface area (Å²) in [6, 6.07) is 19.3. The molecule has 1 N–H and O–H groups in total. The van der Waals surface area contributed by atoms with E-state index in [2.05, 4.69) is 51.6 Å². The summed E-state index contributed by atoms with van der Waals surface area (Å²) >= 11 is 0. The van der Waals surface area contributed by atoms with Gasteiger partial charge in [-0.25, -0.2) is 17.9 Å². The molecule has 2 aromatic carbocycles. The van der Waals surface area contributed by atoms with E-state index in [-0.39, 0.29) is 4.90 Å². The van der Waals surface area contributed by atoms with Gasteiger partial charge in [-0.15, -0.1) is 5.10 Å². The van der Waals surface area contributed by atoms with Crippen molar-refractivity contribution in [3.8, 4) is 11.3 Å². The van der Waals surface area contributed by atoms with Gasteiger partial charge in [0.05, 0.1) is 22.3 Å². The van der Waals surface area contributed by atoms with Crippen molar-refractivity contribution >= 4 is 27.0 Å². The van der Waals surface area contributed by atoms with Gasteiger partial charge in [0.1, 0.15) is 0 Å². The predicted molar refractivity (Wildman–Crippen MR) is 131 cm³/mol. The minimum atomic E-state index is -3.29. The summed E-state index contributed by atoms with van der Waals surface area (Å²) in [6.45, 7) is 2.29. The lowest BCUT2D eigenvalue weighted by atomic mass is 9.89. The van der Waals surface area contributed by atoms with Gasteiger partial charge in [0, 0.05) is 17.5 Å². The highest BCUT2D eigenvalue weighted by Crippen LogP contribution is 2.29. The Morgan fingerprint density at radius 3 is 2.48 bits per heavy atom.